The average Bonchev–Trinajstić information content (AvgIpc) is 2.21. The molecule has 3 heteroatoms. The van der Waals surface area contributed by atoms with E-state index >= 15 is 0 Å². The smallest absolute Gasteiger partial charge is 0.269 e. The third-order valence-corrected chi connectivity index (χ3v) is 2.08. The Morgan fingerprint density at radius 1 is 1.29 bits per heavy atom. The zero-order valence-corrected chi connectivity index (χ0v) is 8.19. The first-order valence-corrected chi connectivity index (χ1v) is 4.64. The number of carbonyl (C=O) groups is 1. The van der Waals surface area contributed by atoms with Gasteiger partial charge < -0.3 is 0 Å². The third-order valence-electron chi connectivity index (χ3n) is 2.08. The van der Waals surface area contributed by atoms with E-state index in [2.05, 4.69) is 5.18 Å². The molecule has 1 amide bonds. The van der Waals surface area contributed by atoms with Crippen LogP contribution in [0.25, 0.3) is 0 Å². The van der Waals surface area contributed by atoms with Crippen LogP contribution in [0.4, 0.5) is 0 Å². The van der Waals surface area contributed by atoms with Crippen LogP contribution in [0.3, 0.4) is 0 Å². The van der Waals surface area contributed by atoms with Gasteiger partial charge in [0.15, 0.2) is 0 Å². The Morgan fingerprint density at radius 3 is 2.50 bits per heavy atom. The van der Waals surface area contributed by atoms with E-state index in [0.717, 1.165) is 6.42 Å². The minimum Gasteiger partial charge on any atom is -0.269 e. The minimum atomic E-state index is -0.558. The van der Waals surface area contributed by atoms with Crippen molar-refractivity contribution >= 4 is 5.91 Å². The first-order chi connectivity index (χ1) is 6.72. The van der Waals surface area contributed by atoms with Gasteiger partial charge in [0.25, 0.3) is 5.91 Å². The highest BCUT2D eigenvalue weighted by molar-refractivity contribution is 5.76. The number of benzene rings is 1. The molecule has 1 rings (SSSR count). The van der Waals surface area contributed by atoms with Crippen molar-refractivity contribution in [3.63, 3.8) is 0 Å². The van der Waals surface area contributed by atoms with Crippen LogP contribution in [0, 0.1) is 11.8 Å². The fourth-order valence-electron chi connectivity index (χ4n) is 1.24. The second kappa shape index (κ2) is 5.27. The molecule has 0 saturated carbocycles. The van der Waals surface area contributed by atoms with Crippen molar-refractivity contribution in [1.82, 2.24) is 0 Å². The molecule has 0 aliphatic rings. The van der Waals surface area contributed by atoms with Crippen LogP contribution in [0.5, 0.6) is 0 Å². The van der Waals surface area contributed by atoms with E-state index in [4.69, 9.17) is 0 Å². The van der Waals surface area contributed by atoms with Crippen molar-refractivity contribution in [2.45, 2.75) is 26.2 Å². The van der Waals surface area contributed by atoms with Crippen LogP contribution in [0.1, 0.15) is 24.0 Å². The second-order valence-corrected chi connectivity index (χ2v) is 3.32. The number of amides is 1. The van der Waals surface area contributed by atoms with Crippen LogP contribution in [0.2, 0.25) is 0 Å². The van der Waals surface area contributed by atoms with E-state index < -0.39 is 5.91 Å². The monoisotopic (exact) mass is 191 g/mol. The standard InChI is InChI=1S/C11H13NO2/c1-9-5-7-10(8-6-9)3-2-4-11(13)12-14/h5-8H,2-4H2,1H3. The zero-order valence-electron chi connectivity index (χ0n) is 8.19. The van der Waals surface area contributed by atoms with Crippen LogP contribution in [-0.2, 0) is 11.2 Å². The molecule has 0 saturated heterocycles. The molecule has 1 aromatic rings. The molecule has 0 aliphatic heterocycles. The summed E-state index contributed by atoms with van der Waals surface area (Å²) in [5.41, 5.74) is 2.41. The molecule has 0 bridgehead atoms. The Kier molecular flexibility index (Phi) is 3.98. The minimum absolute atomic E-state index is 0.247. The van der Waals surface area contributed by atoms with Gasteiger partial charge in [0.1, 0.15) is 0 Å². The van der Waals surface area contributed by atoms with Crippen LogP contribution in [0.15, 0.2) is 29.4 Å². The third kappa shape index (κ3) is 3.47. The Labute approximate surface area is 83.1 Å². The Balaban J connectivity index is 2.35. The molecule has 0 fully saturated rings. The molecule has 14 heavy (non-hydrogen) atoms. The summed E-state index contributed by atoms with van der Waals surface area (Å²) < 4.78 is 0. The lowest BCUT2D eigenvalue weighted by Gasteiger charge is -1.99. The van der Waals surface area contributed by atoms with E-state index in [1.54, 1.807) is 0 Å². The topological polar surface area (TPSA) is 46.5 Å². The SMILES string of the molecule is Cc1ccc(CCCC(=O)N=O)cc1. The molecule has 0 spiro atoms. The molecule has 0 heterocycles. The highest BCUT2D eigenvalue weighted by Crippen LogP contribution is 2.07. The van der Waals surface area contributed by atoms with Gasteiger partial charge in [0, 0.05) is 11.6 Å². The van der Waals surface area contributed by atoms with Crippen LogP contribution < -0.4 is 0 Å². The lowest BCUT2D eigenvalue weighted by atomic mass is 10.1. The molecule has 0 unspecified atom stereocenters. The fraction of sp³-hybridized carbons (Fsp3) is 0.364. The predicted octanol–water partition coefficient (Wildman–Crippen LogP) is 2.61. The van der Waals surface area contributed by atoms with Gasteiger partial charge in [-0.15, -0.1) is 4.91 Å². The first kappa shape index (κ1) is 10.6. The summed E-state index contributed by atoms with van der Waals surface area (Å²) in [6.07, 6.45) is 1.76. The maximum absolute atomic E-state index is 10.6. The summed E-state index contributed by atoms with van der Waals surface area (Å²) in [5, 5.41) is 2.34. The van der Waals surface area contributed by atoms with Gasteiger partial charge >= 0.3 is 0 Å². The Bertz CT molecular complexity index is 317. The van der Waals surface area contributed by atoms with E-state index in [-0.39, 0.29) is 6.42 Å². The van der Waals surface area contributed by atoms with Crippen molar-refractivity contribution in [3.05, 3.63) is 40.3 Å². The summed E-state index contributed by atoms with van der Waals surface area (Å²) >= 11 is 0. The molecule has 0 aliphatic carbocycles. The number of hydrogen-bond acceptors (Lipinski definition) is 2. The van der Waals surface area contributed by atoms with E-state index in [9.17, 15) is 9.70 Å². The summed E-state index contributed by atoms with van der Waals surface area (Å²) in [7, 11) is 0. The van der Waals surface area contributed by atoms with E-state index in [1.807, 2.05) is 31.2 Å². The molecule has 0 atom stereocenters. The highest BCUT2D eigenvalue weighted by Gasteiger charge is 2.00. The van der Waals surface area contributed by atoms with Gasteiger partial charge in [-0.05, 0) is 25.3 Å². The number of aryl methyl sites for hydroxylation is 2. The zero-order chi connectivity index (χ0) is 10.4. The van der Waals surface area contributed by atoms with Crippen LogP contribution in [-0.4, -0.2) is 5.91 Å². The number of rotatable bonds is 4. The van der Waals surface area contributed by atoms with Gasteiger partial charge in [-0.3, -0.25) is 4.79 Å². The number of hydrogen-bond donors (Lipinski definition) is 0. The van der Waals surface area contributed by atoms with Crippen molar-refractivity contribution in [1.29, 1.82) is 0 Å². The first-order valence-electron chi connectivity index (χ1n) is 4.64. The summed E-state index contributed by atoms with van der Waals surface area (Å²) in [5.74, 6) is -0.558. The summed E-state index contributed by atoms with van der Waals surface area (Å²) in [4.78, 5) is 20.4. The Hall–Kier alpha value is -1.51. The lowest BCUT2D eigenvalue weighted by molar-refractivity contribution is -0.118. The maximum Gasteiger partial charge on any atom is 0.286 e. The lowest BCUT2D eigenvalue weighted by Crippen LogP contribution is -1.93. The van der Waals surface area contributed by atoms with E-state index in [1.165, 1.54) is 11.1 Å². The average molecular weight is 191 g/mol. The molecular formula is C11H13NO2. The fourth-order valence-corrected chi connectivity index (χ4v) is 1.24. The quantitative estimate of drug-likeness (QED) is 0.687. The molecule has 1 aromatic carbocycles. The predicted molar refractivity (Wildman–Crippen MR) is 54.9 cm³/mol. The molecule has 74 valence electrons. The summed E-state index contributed by atoms with van der Waals surface area (Å²) in [6, 6.07) is 8.15. The van der Waals surface area contributed by atoms with Crippen molar-refractivity contribution < 1.29 is 4.79 Å². The Morgan fingerprint density at radius 2 is 1.93 bits per heavy atom. The van der Waals surface area contributed by atoms with Gasteiger partial charge in [-0.1, -0.05) is 29.8 Å². The van der Waals surface area contributed by atoms with Gasteiger partial charge in [0.05, 0.1) is 0 Å². The largest absolute Gasteiger partial charge is 0.286 e. The molecule has 0 aromatic heterocycles. The number of nitroso groups, excluding NO2 is 1. The number of nitrogens with zero attached hydrogens (tertiary/aromatic N) is 1. The molecule has 3 nitrogen and oxygen atoms in total. The molecule has 0 radical (unpaired) electrons. The molecule has 0 N–H and O–H groups in total. The van der Waals surface area contributed by atoms with Crippen molar-refractivity contribution in [3.8, 4) is 0 Å². The van der Waals surface area contributed by atoms with Crippen molar-refractivity contribution in [2.75, 3.05) is 0 Å². The molecular weight excluding hydrogens is 178 g/mol. The normalized spacial score (nSPS) is 9.79. The van der Waals surface area contributed by atoms with Gasteiger partial charge in [-0.2, -0.15) is 0 Å². The van der Waals surface area contributed by atoms with Gasteiger partial charge in [0.2, 0.25) is 0 Å². The van der Waals surface area contributed by atoms with E-state index in [0.29, 0.717) is 6.42 Å². The summed E-state index contributed by atoms with van der Waals surface area (Å²) in [6.45, 7) is 2.03. The second-order valence-electron chi connectivity index (χ2n) is 3.32. The van der Waals surface area contributed by atoms with Gasteiger partial charge in [-0.25, -0.2) is 0 Å². The number of carbonyl (C=O) groups excluding carboxylic acids is 1. The maximum atomic E-state index is 10.6. The highest BCUT2D eigenvalue weighted by atomic mass is 16.3. The van der Waals surface area contributed by atoms with Crippen molar-refractivity contribution in [2.24, 2.45) is 5.18 Å². The van der Waals surface area contributed by atoms with Crippen LogP contribution >= 0.6 is 0 Å².